The number of benzene rings is 1. The number of aliphatic hydroxyl groups is 1. The summed E-state index contributed by atoms with van der Waals surface area (Å²) in [5.41, 5.74) is 2.51. The number of aromatic carboxylic acids is 1. The van der Waals surface area contributed by atoms with Gasteiger partial charge in [-0.3, -0.25) is 0 Å². The summed E-state index contributed by atoms with van der Waals surface area (Å²) in [5.74, 6) is -1.05. The Hall–Kier alpha value is -1.66. The van der Waals surface area contributed by atoms with Gasteiger partial charge in [-0.15, -0.1) is 0 Å². The minimum absolute atomic E-state index is 0.0293. The van der Waals surface area contributed by atoms with Gasteiger partial charge in [0.1, 0.15) is 0 Å². The van der Waals surface area contributed by atoms with Gasteiger partial charge in [0, 0.05) is 22.8 Å². The number of rotatable bonds is 5. The molecule has 2 N–H and O–H groups in total. The molecule has 0 aliphatic carbocycles. The van der Waals surface area contributed by atoms with Gasteiger partial charge in [-0.2, -0.15) is 5.10 Å². The van der Waals surface area contributed by atoms with Crippen molar-refractivity contribution in [2.75, 3.05) is 6.61 Å². The maximum absolute atomic E-state index is 11.2. The van der Waals surface area contributed by atoms with Gasteiger partial charge in [-0.05, 0) is 43.5 Å². The Bertz CT molecular complexity index is 637. The quantitative estimate of drug-likeness (QED) is 0.878. The van der Waals surface area contributed by atoms with E-state index in [-0.39, 0.29) is 12.3 Å². The number of nitrogens with zero attached hydrogens (tertiary/aromatic N) is 2. The molecule has 0 unspecified atom stereocenters. The van der Waals surface area contributed by atoms with Crippen molar-refractivity contribution in [1.82, 2.24) is 9.78 Å². The van der Waals surface area contributed by atoms with E-state index in [9.17, 15) is 9.90 Å². The normalized spacial score (nSPS) is 10.8. The van der Waals surface area contributed by atoms with E-state index in [1.54, 1.807) is 10.9 Å². The maximum Gasteiger partial charge on any atom is 0.356 e. The fourth-order valence-corrected chi connectivity index (χ4v) is 2.52. The summed E-state index contributed by atoms with van der Waals surface area (Å²) in [4.78, 5) is 11.2. The zero-order valence-corrected chi connectivity index (χ0v) is 12.6. The van der Waals surface area contributed by atoms with Crippen LogP contribution < -0.4 is 0 Å². The molecule has 0 amide bonds. The van der Waals surface area contributed by atoms with Gasteiger partial charge in [0.2, 0.25) is 0 Å². The SMILES string of the molecule is Cc1cc(Br)ccc1-n1cc(CCCO)c(C(=O)O)n1. The van der Waals surface area contributed by atoms with Crippen molar-refractivity contribution in [3.63, 3.8) is 0 Å². The van der Waals surface area contributed by atoms with Gasteiger partial charge < -0.3 is 10.2 Å². The number of aromatic nitrogens is 2. The molecule has 6 heteroatoms. The van der Waals surface area contributed by atoms with Crippen molar-refractivity contribution in [3.8, 4) is 5.69 Å². The fraction of sp³-hybridized carbons (Fsp3) is 0.286. The molecule has 0 spiro atoms. The first-order chi connectivity index (χ1) is 9.52. The Morgan fingerprint density at radius 3 is 2.80 bits per heavy atom. The second-order valence-electron chi connectivity index (χ2n) is 4.51. The van der Waals surface area contributed by atoms with Crippen molar-refractivity contribution >= 4 is 21.9 Å². The minimum atomic E-state index is -1.05. The zero-order valence-electron chi connectivity index (χ0n) is 11.0. The van der Waals surface area contributed by atoms with E-state index in [0.29, 0.717) is 18.4 Å². The molecule has 0 atom stereocenters. The molecule has 0 saturated carbocycles. The van der Waals surface area contributed by atoms with Crippen LogP contribution in [0.4, 0.5) is 0 Å². The van der Waals surface area contributed by atoms with Gasteiger partial charge in [-0.1, -0.05) is 15.9 Å². The number of halogens is 1. The van der Waals surface area contributed by atoms with Crippen LogP contribution >= 0.6 is 15.9 Å². The largest absolute Gasteiger partial charge is 0.476 e. The lowest BCUT2D eigenvalue weighted by Crippen LogP contribution is -2.04. The highest BCUT2D eigenvalue weighted by Gasteiger charge is 2.16. The molecular formula is C14H15BrN2O3. The molecule has 0 aliphatic heterocycles. The lowest BCUT2D eigenvalue weighted by Gasteiger charge is -2.05. The Kier molecular flexibility index (Phi) is 4.57. The highest BCUT2D eigenvalue weighted by atomic mass is 79.9. The number of hydrogen-bond acceptors (Lipinski definition) is 3. The van der Waals surface area contributed by atoms with Crippen molar-refractivity contribution in [1.29, 1.82) is 0 Å². The van der Waals surface area contributed by atoms with Crippen LogP contribution in [0.2, 0.25) is 0 Å². The van der Waals surface area contributed by atoms with Gasteiger partial charge in [-0.25, -0.2) is 9.48 Å². The Morgan fingerprint density at radius 1 is 1.45 bits per heavy atom. The fourth-order valence-electron chi connectivity index (χ4n) is 2.04. The van der Waals surface area contributed by atoms with Crippen LogP contribution in [-0.4, -0.2) is 32.6 Å². The van der Waals surface area contributed by atoms with Crippen LogP contribution in [0.1, 0.15) is 28.0 Å². The van der Waals surface area contributed by atoms with E-state index in [0.717, 1.165) is 15.7 Å². The summed E-state index contributed by atoms with van der Waals surface area (Å²) in [7, 11) is 0. The summed E-state index contributed by atoms with van der Waals surface area (Å²) in [6, 6.07) is 5.72. The third-order valence-electron chi connectivity index (χ3n) is 3.00. The van der Waals surface area contributed by atoms with Gasteiger partial charge >= 0.3 is 5.97 Å². The third-order valence-corrected chi connectivity index (χ3v) is 3.50. The van der Waals surface area contributed by atoms with Crippen LogP contribution in [0.3, 0.4) is 0 Å². The zero-order chi connectivity index (χ0) is 14.7. The predicted molar refractivity (Wildman–Crippen MR) is 78.4 cm³/mol. The molecule has 20 heavy (non-hydrogen) atoms. The second-order valence-corrected chi connectivity index (χ2v) is 5.43. The topological polar surface area (TPSA) is 75.4 Å². The number of aliphatic hydroxyl groups excluding tert-OH is 1. The predicted octanol–water partition coefficient (Wildman–Crippen LogP) is 2.57. The molecule has 5 nitrogen and oxygen atoms in total. The smallest absolute Gasteiger partial charge is 0.356 e. The lowest BCUT2D eigenvalue weighted by atomic mass is 10.1. The van der Waals surface area contributed by atoms with E-state index >= 15 is 0 Å². The van der Waals surface area contributed by atoms with Crippen molar-refractivity contribution in [2.45, 2.75) is 19.8 Å². The van der Waals surface area contributed by atoms with Crippen LogP contribution in [0.5, 0.6) is 0 Å². The molecule has 0 saturated heterocycles. The maximum atomic E-state index is 11.2. The monoisotopic (exact) mass is 338 g/mol. The van der Waals surface area contributed by atoms with E-state index < -0.39 is 5.97 Å². The lowest BCUT2D eigenvalue weighted by molar-refractivity contribution is 0.0688. The van der Waals surface area contributed by atoms with E-state index in [1.807, 2.05) is 25.1 Å². The molecule has 0 bridgehead atoms. The molecule has 2 rings (SSSR count). The first kappa shape index (κ1) is 14.7. The molecule has 0 fully saturated rings. The summed E-state index contributed by atoms with van der Waals surface area (Å²) in [6.45, 7) is 1.97. The number of aryl methyl sites for hydroxylation is 2. The van der Waals surface area contributed by atoms with Crippen LogP contribution in [0.25, 0.3) is 5.69 Å². The molecular weight excluding hydrogens is 324 g/mol. The number of carbonyl (C=O) groups is 1. The molecule has 1 aromatic heterocycles. The van der Waals surface area contributed by atoms with Gasteiger partial charge in [0.25, 0.3) is 0 Å². The third kappa shape index (κ3) is 3.08. The molecule has 1 heterocycles. The second kappa shape index (κ2) is 6.19. The summed E-state index contributed by atoms with van der Waals surface area (Å²) in [5, 5.41) is 22.2. The van der Waals surface area contributed by atoms with Crippen molar-refractivity contribution < 1.29 is 15.0 Å². The average molecular weight is 339 g/mol. The molecule has 0 radical (unpaired) electrons. The van der Waals surface area contributed by atoms with Gasteiger partial charge in [0.15, 0.2) is 5.69 Å². The Morgan fingerprint density at radius 2 is 2.20 bits per heavy atom. The first-order valence-corrected chi connectivity index (χ1v) is 7.01. The highest BCUT2D eigenvalue weighted by molar-refractivity contribution is 9.10. The molecule has 106 valence electrons. The standard InChI is InChI=1S/C14H15BrN2O3/c1-9-7-11(15)4-5-12(9)17-8-10(3-2-6-18)13(16-17)14(19)20/h4-5,7-8,18H,2-3,6H2,1H3,(H,19,20). The number of hydrogen-bond donors (Lipinski definition) is 2. The summed E-state index contributed by atoms with van der Waals surface area (Å²) < 4.78 is 2.54. The number of carboxylic acids is 1. The van der Waals surface area contributed by atoms with E-state index in [4.69, 9.17) is 5.11 Å². The minimum Gasteiger partial charge on any atom is -0.476 e. The average Bonchev–Trinajstić information content (AvgIpc) is 2.80. The first-order valence-electron chi connectivity index (χ1n) is 6.22. The Balaban J connectivity index is 2.44. The number of carboxylic acid groups (broad SMARTS) is 1. The molecule has 2 aromatic rings. The van der Waals surface area contributed by atoms with Crippen molar-refractivity contribution in [3.05, 3.63) is 45.7 Å². The summed E-state index contributed by atoms with van der Waals surface area (Å²) >= 11 is 3.39. The Labute approximate surface area is 125 Å². The van der Waals surface area contributed by atoms with E-state index in [2.05, 4.69) is 21.0 Å². The van der Waals surface area contributed by atoms with Crippen LogP contribution in [0.15, 0.2) is 28.9 Å². The van der Waals surface area contributed by atoms with Crippen LogP contribution in [0, 0.1) is 6.92 Å². The van der Waals surface area contributed by atoms with Gasteiger partial charge in [0.05, 0.1) is 5.69 Å². The van der Waals surface area contributed by atoms with E-state index in [1.165, 1.54) is 0 Å². The highest BCUT2D eigenvalue weighted by Crippen LogP contribution is 2.21. The molecule has 0 aliphatic rings. The van der Waals surface area contributed by atoms with Crippen LogP contribution in [-0.2, 0) is 6.42 Å². The van der Waals surface area contributed by atoms with Crippen molar-refractivity contribution in [2.24, 2.45) is 0 Å². The molecule has 1 aromatic carbocycles. The summed E-state index contributed by atoms with van der Waals surface area (Å²) in [6.07, 6.45) is 2.73.